The predicted octanol–water partition coefficient (Wildman–Crippen LogP) is 1.93. The molecule has 1 amide bonds. The second-order valence-electron chi connectivity index (χ2n) is 3.39. The van der Waals surface area contributed by atoms with E-state index in [9.17, 15) is 9.59 Å². The minimum absolute atomic E-state index is 0.00181. The molecule has 0 radical (unpaired) electrons. The van der Waals surface area contributed by atoms with Crippen LogP contribution in [0.4, 0.5) is 4.79 Å². The highest BCUT2D eigenvalue weighted by Crippen LogP contribution is 2.09. The Labute approximate surface area is 89.6 Å². The molecular weight excluding hydrogens is 196 g/mol. The highest BCUT2D eigenvalue weighted by Gasteiger charge is 2.06. The van der Waals surface area contributed by atoms with Crippen LogP contribution in [-0.4, -0.2) is 29.9 Å². The normalized spacial score (nSPS) is 11.5. The van der Waals surface area contributed by atoms with Gasteiger partial charge in [-0.05, 0) is 19.3 Å². The summed E-state index contributed by atoms with van der Waals surface area (Å²) < 4.78 is 0. The van der Waals surface area contributed by atoms with Crippen LogP contribution in [0.1, 0.15) is 39.0 Å². The Morgan fingerprint density at radius 3 is 2.67 bits per heavy atom. The van der Waals surface area contributed by atoms with Crippen molar-refractivity contribution in [2.75, 3.05) is 6.54 Å². The molecule has 86 valence electrons. The van der Waals surface area contributed by atoms with Crippen molar-refractivity contribution < 1.29 is 14.7 Å². The molecule has 5 heteroatoms. The maximum Gasteiger partial charge on any atom is 0.404 e. The van der Waals surface area contributed by atoms with Crippen LogP contribution in [-0.2, 0) is 4.79 Å². The number of rotatable bonds is 8. The van der Waals surface area contributed by atoms with Crippen LogP contribution in [0.3, 0.4) is 0 Å². The fraction of sp³-hybridized carbons (Fsp3) is 0.800. The van der Waals surface area contributed by atoms with Crippen LogP contribution in [0.2, 0.25) is 0 Å². The maximum absolute atomic E-state index is 10.1. The number of amides is 1. The minimum atomic E-state index is -1.01. The average molecular weight is 214 g/mol. The third-order valence-electron chi connectivity index (χ3n) is 2.12. The summed E-state index contributed by atoms with van der Waals surface area (Å²) in [5.41, 5.74) is 0. The van der Waals surface area contributed by atoms with Crippen LogP contribution < -0.4 is 5.32 Å². The molecule has 0 unspecified atom stereocenters. The Hall–Kier alpha value is -1.35. The minimum Gasteiger partial charge on any atom is -0.465 e. The molecule has 0 bridgehead atoms. The number of hydrogen-bond acceptors (Lipinski definition) is 3. The van der Waals surface area contributed by atoms with E-state index in [0.29, 0.717) is 13.0 Å². The predicted molar refractivity (Wildman–Crippen MR) is 56.7 cm³/mol. The van der Waals surface area contributed by atoms with Crippen molar-refractivity contribution in [3.8, 4) is 0 Å². The second kappa shape index (κ2) is 9.21. The molecule has 0 saturated heterocycles. The Kier molecular flexibility index (Phi) is 8.39. The molecular formula is C10H18N2O3. The van der Waals surface area contributed by atoms with E-state index >= 15 is 0 Å². The molecule has 0 aliphatic heterocycles. The number of nitrogens with one attached hydrogen (secondary N) is 1. The monoisotopic (exact) mass is 214 g/mol. The third-order valence-corrected chi connectivity index (χ3v) is 2.12. The van der Waals surface area contributed by atoms with Gasteiger partial charge in [0.05, 0.1) is 6.04 Å². The standard InChI is InChI=1S/C10H18N2O3/c1-2-3-5-9(12-8-13)6-4-7-11-10(14)15/h9,11H,2-7H2,1H3,(H,14,15)/t9-/m0/s1. The summed E-state index contributed by atoms with van der Waals surface area (Å²) in [6, 6.07) is -0.00181. The first kappa shape index (κ1) is 13.7. The zero-order valence-corrected chi connectivity index (χ0v) is 9.03. The van der Waals surface area contributed by atoms with Gasteiger partial charge in [0.25, 0.3) is 0 Å². The van der Waals surface area contributed by atoms with Gasteiger partial charge in [0.2, 0.25) is 6.08 Å². The smallest absolute Gasteiger partial charge is 0.404 e. The number of carboxylic acid groups (broad SMARTS) is 1. The molecule has 0 aromatic rings. The van der Waals surface area contributed by atoms with Crippen molar-refractivity contribution >= 4 is 12.2 Å². The second-order valence-corrected chi connectivity index (χ2v) is 3.39. The van der Waals surface area contributed by atoms with E-state index in [2.05, 4.69) is 17.2 Å². The largest absolute Gasteiger partial charge is 0.465 e. The van der Waals surface area contributed by atoms with E-state index < -0.39 is 6.09 Å². The molecule has 5 nitrogen and oxygen atoms in total. The molecule has 0 aliphatic carbocycles. The van der Waals surface area contributed by atoms with Crippen molar-refractivity contribution in [3.05, 3.63) is 0 Å². The van der Waals surface area contributed by atoms with Gasteiger partial charge in [-0.1, -0.05) is 19.8 Å². The molecule has 0 spiro atoms. The van der Waals surface area contributed by atoms with Gasteiger partial charge in [-0.2, -0.15) is 0 Å². The lowest BCUT2D eigenvalue weighted by Crippen LogP contribution is -2.22. The quantitative estimate of drug-likeness (QED) is 0.368. The average Bonchev–Trinajstić information content (AvgIpc) is 2.20. The van der Waals surface area contributed by atoms with Gasteiger partial charge in [0, 0.05) is 6.54 Å². The van der Waals surface area contributed by atoms with Crippen LogP contribution in [0.25, 0.3) is 0 Å². The van der Waals surface area contributed by atoms with Crippen LogP contribution >= 0.6 is 0 Å². The Bertz CT molecular complexity index is 225. The lowest BCUT2D eigenvalue weighted by molar-refractivity contribution is 0.194. The van der Waals surface area contributed by atoms with Crippen molar-refractivity contribution in [3.63, 3.8) is 0 Å². The first-order valence-electron chi connectivity index (χ1n) is 5.24. The Balaban J connectivity index is 3.65. The van der Waals surface area contributed by atoms with E-state index in [0.717, 1.165) is 25.7 Å². The van der Waals surface area contributed by atoms with Crippen molar-refractivity contribution in [1.29, 1.82) is 0 Å². The molecule has 15 heavy (non-hydrogen) atoms. The highest BCUT2D eigenvalue weighted by molar-refractivity contribution is 5.64. The summed E-state index contributed by atoms with van der Waals surface area (Å²) in [7, 11) is 0. The lowest BCUT2D eigenvalue weighted by Gasteiger charge is -2.09. The number of carbonyl (C=O) groups is 1. The van der Waals surface area contributed by atoms with Gasteiger partial charge in [-0.15, -0.1) is 0 Å². The molecule has 1 atom stereocenters. The summed E-state index contributed by atoms with van der Waals surface area (Å²) in [6.45, 7) is 2.49. The number of aliphatic imine (C=N–C) groups is 1. The number of unbranched alkanes of at least 4 members (excludes halogenated alkanes) is 1. The molecule has 0 heterocycles. The SMILES string of the molecule is CCCC[C@@H](CCCNC(=O)O)N=C=O. The van der Waals surface area contributed by atoms with Gasteiger partial charge in [0.1, 0.15) is 0 Å². The topological polar surface area (TPSA) is 78.8 Å². The summed E-state index contributed by atoms with van der Waals surface area (Å²) >= 11 is 0. The van der Waals surface area contributed by atoms with E-state index in [1.807, 2.05) is 0 Å². The molecule has 0 aromatic heterocycles. The first-order chi connectivity index (χ1) is 7.20. The number of carbonyl (C=O) groups excluding carboxylic acids is 1. The molecule has 0 aromatic carbocycles. The van der Waals surface area contributed by atoms with Gasteiger partial charge in [-0.3, -0.25) is 0 Å². The lowest BCUT2D eigenvalue weighted by atomic mass is 10.1. The molecule has 0 aliphatic rings. The number of nitrogens with zero attached hydrogens (tertiary/aromatic N) is 1. The van der Waals surface area contributed by atoms with E-state index in [1.54, 1.807) is 6.08 Å². The summed E-state index contributed by atoms with van der Waals surface area (Å²) in [5, 5.41) is 10.6. The van der Waals surface area contributed by atoms with Crippen LogP contribution in [0.15, 0.2) is 4.99 Å². The van der Waals surface area contributed by atoms with Gasteiger partial charge < -0.3 is 10.4 Å². The van der Waals surface area contributed by atoms with Crippen molar-refractivity contribution in [2.24, 2.45) is 4.99 Å². The van der Waals surface area contributed by atoms with Crippen LogP contribution in [0, 0.1) is 0 Å². The Morgan fingerprint density at radius 1 is 1.47 bits per heavy atom. The van der Waals surface area contributed by atoms with E-state index in [-0.39, 0.29) is 6.04 Å². The highest BCUT2D eigenvalue weighted by atomic mass is 16.4. The van der Waals surface area contributed by atoms with Gasteiger partial charge in [0.15, 0.2) is 0 Å². The summed E-state index contributed by atoms with van der Waals surface area (Å²) in [4.78, 5) is 24.0. The number of hydrogen-bond donors (Lipinski definition) is 2. The van der Waals surface area contributed by atoms with Crippen molar-refractivity contribution in [2.45, 2.75) is 45.1 Å². The summed E-state index contributed by atoms with van der Waals surface area (Å²) in [6.07, 6.45) is 4.95. The maximum atomic E-state index is 10.1. The molecule has 0 fully saturated rings. The van der Waals surface area contributed by atoms with Crippen molar-refractivity contribution in [1.82, 2.24) is 5.32 Å². The Morgan fingerprint density at radius 2 is 2.13 bits per heavy atom. The first-order valence-corrected chi connectivity index (χ1v) is 5.24. The van der Waals surface area contributed by atoms with Crippen LogP contribution in [0.5, 0.6) is 0 Å². The zero-order chi connectivity index (χ0) is 11.5. The fourth-order valence-electron chi connectivity index (χ4n) is 1.32. The zero-order valence-electron chi connectivity index (χ0n) is 9.03. The van der Waals surface area contributed by atoms with Gasteiger partial charge >= 0.3 is 6.09 Å². The molecule has 0 rings (SSSR count). The van der Waals surface area contributed by atoms with E-state index in [1.165, 1.54) is 0 Å². The molecule has 2 N–H and O–H groups in total. The molecule has 0 saturated carbocycles. The van der Waals surface area contributed by atoms with Gasteiger partial charge in [-0.25, -0.2) is 14.6 Å². The summed E-state index contributed by atoms with van der Waals surface area (Å²) in [5.74, 6) is 0. The third kappa shape index (κ3) is 8.97. The van der Waals surface area contributed by atoms with E-state index in [4.69, 9.17) is 5.11 Å². The fourth-order valence-corrected chi connectivity index (χ4v) is 1.32. The number of isocyanates is 1.